The SMILES string of the molecule is N#C/C(=C/NC1CCCCC1)C(=O)NCCN1CCNCC1. The second-order valence-electron chi connectivity index (χ2n) is 6.02. The summed E-state index contributed by atoms with van der Waals surface area (Å²) in [5.74, 6) is -0.277. The van der Waals surface area contributed by atoms with Gasteiger partial charge in [0.1, 0.15) is 11.6 Å². The van der Waals surface area contributed by atoms with Crippen LogP contribution in [0.25, 0.3) is 0 Å². The summed E-state index contributed by atoms with van der Waals surface area (Å²) in [5.41, 5.74) is 0.172. The number of nitrogens with zero attached hydrogens (tertiary/aromatic N) is 2. The van der Waals surface area contributed by atoms with Crippen molar-refractivity contribution < 1.29 is 4.79 Å². The van der Waals surface area contributed by atoms with Crippen LogP contribution in [0.5, 0.6) is 0 Å². The Bertz CT molecular complexity index is 417. The third kappa shape index (κ3) is 5.66. The third-order valence-electron chi connectivity index (χ3n) is 4.36. The zero-order chi connectivity index (χ0) is 15.6. The van der Waals surface area contributed by atoms with Crippen LogP contribution in [0.3, 0.4) is 0 Å². The summed E-state index contributed by atoms with van der Waals surface area (Å²) in [5, 5.41) is 18.5. The van der Waals surface area contributed by atoms with E-state index >= 15 is 0 Å². The molecule has 6 heteroatoms. The molecule has 2 fully saturated rings. The Balaban J connectivity index is 1.69. The van der Waals surface area contributed by atoms with Crippen molar-refractivity contribution in [3.63, 3.8) is 0 Å². The third-order valence-corrected chi connectivity index (χ3v) is 4.36. The number of carbonyl (C=O) groups is 1. The first-order chi connectivity index (χ1) is 10.8. The number of nitrogens with one attached hydrogen (secondary N) is 3. The normalized spacial score (nSPS) is 21.1. The molecule has 1 heterocycles. The highest BCUT2D eigenvalue weighted by Gasteiger charge is 2.14. The molecule has 3 N–H and O–H groups in total. The maximum Gasteiger partial charge on any atom is 0.263 e. The fraction of sp³-hybridized carbons (Fsp3) is 0.750. The Labute approximate surface area is 132 Å². The molecule has 0 bridgehead atoms. The first-order valence-electron chi connectivity index (χ1n) is 8.37. The molecular formula is C16H27N5O. The lowest BCUT2D eigenvalue weighted by atomic mass is 9.96. The van der Waals surface area contributed by atoms with E-state index in [1.165, 1.54) is 19.3 Å². The zero-order valence-electron chi connectivity index (χ0n) is 13.2. The van der Waals surface area contributed by atoms with Gasteiger partial charge in [-0.3, -0.25) is 9.69 Å². The van der Waals surface area contributed by atoms with Crippen molar-refractivity contribution in [3.8, 4) is 6.07 Å². The molecule has 0 aromatic heterocycles. The summed E-state index contributed by atoms with van der Waals surface area (Å²) in [7, 11) is 0. The van der Waals surface area contributed by atoms with Gasteiger partial charge in [0.2, 0.25) is 0 Å². The lowest BCUT2D eigenvalue weighted by molar-refractivity contribution is -0.117. The van der Waals surface area contributed by atoms with Crippen LogP contribution in [0, 0.1) is 11.3 Å². The van der Waals surface area contributed by atoms with Crippen LogP contribution < -0.4 is 16.0 Å². The number of piperazine rings is 1. The van der Waals surface area contributed by atoms with Crippen molar-refractivity contribution in [2.45, 2.75) is 38.1 Å². The Hall–Kier alpha value is -1.58. The number of nitriles is 1. The van der Waals surface area contributed by atoms with Gasteiger partial charge in [-0.1, -0.05) is 19.3 Å². The van der Waals surface area contributed by atoms with Crippen molar-refractivity contribution in [1.82, 2.24) is 20.9 Å². The van der Waals surface area contributed by atoms with E-state index in [0.29, 0.717) is 12.6 Å². The van der Waals surface area contributed by atoms with E-state index in [4.69, 9.17) is 5.26 Å². The molecule has 1 saturated heterocycles. The summed E-state index contributed by atoms with van der Waals surface area (Å²) in [6.45, 7) is 5.45. The summed E-state index contributed by atoms with van der Waals surface area (Å²) in [6.07, 6.45) is 7.59. The van der Waals surface area contributed by atoms with E-state index in [9.17, 15) is 4.79 Å². The Kier molecular flexibility index (Phi) is 7.20. The van der Waals surface area contributed by atoms with Crippen LogP contribution in [0.2, 0.25) is 0 Å². The second kappa shape index (κ2) is 9.44. The number of hydrogen-bond acceptors (Lipinski definition) is 5. The lowest BCUT2D eigenvalue weighted by Gasteiger charge is -2.27. The molecular weight excluding hydrogens is 278 g/mol. The van der Waals surface area contributed by atoms with Gasteiger partial charge in [-0.15, -0.1) is 0 Å². The summed E-state index contributed by atoms with van der Waals surface area (Å²) in [4.78, 5) is 14.3. The first kappa shape index (κ1) is 16.8. The van der Waals surface area contributed by atoms with Gasteiger partial charge in [0.15, 0.2) is 0 Å². The van der Waals surface area contributed by atoms with Gasteiger partial charge in [-0.05, 0) is 12.8 Å². The maximum absolute atomic E-state index is 12.0. The monoisotopic (exact) mass is 305 g/mol. The minimum atomic E-state index is -0.277. The summed E-state index contributed by atoms with van der Waals surface area (Å²) < 4.78 is 0. The molecule has 0 spiro atoms. The van der Waals surface area contributed by atoms with Crippen LogP contribution in [0.4, 0.5) is 0 Å². The summed E-state index contributed by atoms with van der Waals surface area (Å²) >= 11 is 0. The molecule has 122 valence electrons. The highest BCUT2D eigenvalue weighted by Crippen LogP contribution is 2.17. The molecule has 2 rings (SSSR count). The van der Waals surface area contributed by atoms with E-state index < -0.39 is 0 Å². The zero-order valence-corrected chi connectivity index (χ0v) is 13.2. The minimum absolute atomic E-state index is 0.172. The van der Waals surface area contributed by atoms with Crippen molar-refractivity contribution in [2.75, 3.05) is 39.3 Å². The molecule has 6 nitrogen and oxygen atoms in total. The molecule has 0 aromatic rings. The number of amides is 1. The molecule has 1 aliphatic carbocycles. The van der Waals surface area contributed by atoms with Gasteiger partial charge in [-0.25, -0.2) is 0 Å². The number of hydrogen-bond donors (Lipinski definition) is 3. The lowest BCUT2D eigenvalue weighted by Crippen LogP contribution is -2.46. The predicted molar refractivity (Wildman–Crippen MR) is 86.0 cm³/mol. The number of carbonyl (C=O) groups excluding carboxylic acids is 1. The standard InChI is InChI=1S/C16H27N5O/c17-12-14(13-20-15-4-2-1-3-5-15)16(22)19-8-11-21-9-6-18-7-10-21/h13,15,18,20H,1-11H2,(H,19,22)/b14-13-. The van der Waals surface area contributed by atoms with Gasteiger partial charge in [0, 0.05) is 51.5 Å². The predicted octanol–water partition coefficient (Wildman–Crippen LogP) is 0.338. The first-order valence-corrected chi connectivity index (χ1v) is 8.37. The van der Waals surface area contributed by atoms with Crippen LogP contribution in [0.1, 0.15) is 32.1 Å². The molecule has 1 aliphatic heterocycles. The average molecular weight is 305 g/mol. The van der Waals surface area contributed by atoms with E-state index in [0.717, 1.165) is 45.6 Å². The van der Waals surface area contributed by atoms with Crippen molar-refractivity contribution in [2.24, 2.45) is 0 Å². The van der Waals surface area contributed by atoms with Gasteiger partial charge < -0.3 is 16.0 Å². The van der Waals surface area contributed by atoms with Crippen molar-refractivity contribution in [1.29, 1.82) is 5.26 Å². The fourth-order valence-corrected chi connectivity index (χ4v) is 2.98. The van der Waals surface area contributed by atoms with E-state index in [1.54, 1.807) is 6.20 Å². The topological polar surface area (TPSA) is 80.2 Å². The average Bonchev–Trinajstić information content (AvgIpc) is 2.57. The molecule has 1 saturated carbocycles. The molecule has 0 radical (unpaired) electrons. The Morgan fingerprint density at radius 1 is 1.27 bits per heavy atom. The Morgan fingerprint density at radius 2 is 2.00 bits per heavy atom. The molecule has 1 amide bonds. The van der Waals surface area contributed by atoms with E-state index in [2.05, 4.69) is 20.9 Å². The largest absolute Gasteiger partial charge is 0.387 e. The number of rotatable bonds is 6. The van der Waals surface area contributed by atoms with Crippen LogP contribution in [-0.2, 0) is 4.79 Å². The Morgan fingerprint density at radius 3 is 2.68 bits per heavy atom. The molecule has 22 heavy (non-hydrogen) atoms. The van der Waals surface area contributed by atoms with E-state index in [1.807, 2.05) is 6.07 Å². The second-order valence-corrected chi connectivity index (χ2v) is 6.02. The molecule has 2 aliphatic rings. The molecule has 0 aromatic carbocycles. The van der Waals surface area contributed by atoms with Crippen LogP contribution in [0.15, 0.2) is 11.8 Å². The van der Waals surface area contributed by atoms with Crippen LogP contribution >= 0.6 is 0 Å². The maximum atomic E-state index is 12.0. The highest BCUT2D eigenvalue weighted by molar-refractivity contribution is 5.97. The fourth-order valence-electron chi connectivity index (χ4n) is 2.98. The van der Waals surface area contributed by atoms with Gasteiger partial charge in [-0.2, -0.15) is 5.26 Å². The van der Waals surface area contributed by atoms with Crippen LogP contribution in [-0.4, -0.2) is 56.1 Å². The molecule has 0 atom stereocenters. The van der Waals surface area contributed by atoms with Gasteiger partial charge in [0.05, 0.1) is 0 Å². The minimum Gasteiger partial charge on any atom is -0.387 e. The van der Waals surface area contributed by atoms with Gasteiger partial charge >= 0.3 is 0 Å². The van der Waals surface area contributed by atoms with Gasteiger partial charge in [0.25, 0.3) is 5.91 Å². The van der Waals surface area contributed by atoms with Crippen molar-refractivity contribution >= 4 is 5.91 Å². The van der Waals surface area contributed by atoms with E-state index in [-0.39, 0.29) is 11.5 Å². The molecule has 0 unspecified atom stereocenters. The highest BCUT2D eigenvalue weighted by atomic mass is 16.1. The smallest absolute Gasteiger partial charge is 0.263 e. The quantitative estimate of drug-likeness (QED) is 0.487. The summed E-state index contributed by atoms with van der Waals surface area (Å²) in [6, 6.07) is 2.40. The van der Waals surface area contributed by atoms with Crippen molar-refractivity contribution in [3.05, 3.63) is 11.8 Å².